The van der Waals surface area contributed by atoms with Crippen molar-refractivity contribution in [2.45, 2.75) is 25.5 Å². The largest absolute Gasteiger partial charge is 0.391 e. The van der Waals surface area contributed by atoms with Crippen LogP contribution in [0.15, 0.2) is 11.4 Å². The van der Waals surface area contributed by atoms with Crippen LogP contribution in [0.1, 0.15) is 12.5 Å². The molecule has 1 aromatic rings. The predicted octanol–water partition coefficient (Wildman–Crippen LogP) is 1.65. The van der Waals surface area contributed by atoms with E-state index in [1.54, 1.807) is 6.92 Å². The second-order valence-electron chi connectivity index (χ2n) is 2.89. The van der Waals surface area contributed by atoms with E-state index in [0.29, 0.717) is 6.42 Å². The van der Waals surface area contributed by atoms with E-state index in [-0.39, 0.29) is 6.04 Å². The van der Waals surface area contributed by atoms with E-state index in [9.17, 15) is 5.11 Å². The fourth-order valence-electron chi connectivity index (χ4n) is 0.880. The van der Waals surface area contributed by atoms with Crippen LogP contribution < -0.4 is 5.73 Å². The minimum atomic E-state index is -0.476. The van der Waals surface area contributed by atoms with E-state index in [0.717, 1.165) is 9.90 Å². The van der Waals surface area contributed by atoms with Crippen LogP contribution in [0.4, 0.5) is 0 Å². The Kier molecular flexibility index (Phi) is 3.53. The first-order chi connectivity index (χ1) is 5.59. The van der Waals surface area contributed by atoms with Gasteiger partial charge in [-0.3, -0.25) is 0 Å². The minimum Gasteiger partial charge on any atom is -0.391 e. The molecule has 68 valence electrons. The molecule has 0 aliphatic carbocycles. The molecular weight excluding hydrogens is 194 g/mol. The van der Waals surface area contributed by atoms with Gasteiger partial charge in [0.05, 0.1) is 10.4 Å². The summed E-state index contributed by atoms with van der Waals surface area (Å²) in [6.45, 7) is 1.79. The molecule has 0 aliphatic heterocycles. The van der Waals surface area contributed by atoms with Crippen LogP contribution in [0.5, 0.6) is 0 Å². The standard InChI is InChI=1S/C8H12ClNOS/c1-5(10)7(11)2-6-3-8(9)12-4-6/h3-5,7,11H,2,10H2,1H3. The summed E-state index contributed by atoms with van der Waals surface area (Å²) in [5, 5.41) is 11.4. The summed E-state index contributed by atoms with van der Waals surface area (Å²) < 4.78 is 0.752. The predicted molar refractivity (Wildman–Crippen MR) is 52.7 cm³/mol. The summed E-state index contributed by atoms with van der Waals surface area (Å²) in [6.07, 6.45) is 0.108. The molecule has 1 heterocycles. The average Bonchev–Trinajstić information content (AvgIpc) is 2.35. The van der Waals surface area contributed by atoms with Crippen molar-refractivity contribution >= 4 is 22.9 Å². The molecule has 0 amide bonds. The fourth-order valence-corrected chi connectivity index (χ4v) is 1.80. The molecule has 0 fully saturated rings. The summed E-state index contributed by atoms with van der Waals surface area (Å²) in [5.74, 6) is 0. The molecule has 0 saturated carbocycles. The molecule has 2 atom stereocenters. The third-order valence-corrected chi connectivity index (χ3v) is 2.81. The lowest BCUT2D eigenvalue weighted by Gasteiger charge is -2.12. The molecule has 12 heavy (non-hydrogen) atoms. The van der Waals surface area contributed by atoms with E-state index < -0.39 is 6.10 Å². The summed E-state index contributed by atoms with van der Waals surface area (Å²) in [5.41, 5.74) is 6.56. The van der Waals surface area contributed by atoms with Gasteiger partial charge >= 0.3 is 0 Å². The van der Waals surface area contributed by atoms with Gasteiger partial charge in [0, 0.05) is 12.5 Å². The molecule has 0 radical (unpaired) electrons. The Labute approximate surface area is 81.0 Å². The van der Waals surface area contributed by atoms with Gasteiger partial charge in [-0.1, -0.05) is 11.6 Å². The molecule has 1 rings (SSSR count). The Morgan fingerprint density at radius 2 is 2.42 bits per heavy atom. The van der Waals surface area contributed by atoms with Crippen molar-refractivity contribution in [3.8, 4) is 0 Å². The lowest BCUT2D eigenvalue weighted by molar-refractivity contribution is 0.151. The zero-order chi connectivity index (χ0) is 9.14. The van der Waals surface area contributed by atoms with Gasteiger partial charge in [-0.15, -0.1) is 11.3 Å². The minimum absolute atomic E-state index is 0.191. The first-order valence-corrected chi connectivity index (χ1v) is 5.02. The Morgan fingerprint density at radius 3 is 2.83 bits per heavy atom. The Bertz CT molecular complexity index is 249. The maximum Gasteiger partial charge on any atom is 0.0931 e. The number of aliphatic hydroxyl groups excluding tert-OH is 1. The number of hydrogen-bond donors (Lipinski definition) is 2. The quantitative estimate of drug-likeness (QED) is 0.789. The van der Waals surface area contributed by atoms with Gasteiger partial charge in [-0.05, 0) is 23.9 Å². The zero-order valence-corrected chi connectivity index (χ0v) is 8.40. The van der Waals surface area contributed by atoms with E-state index in [1.165, 1.54) is 11.3 Å². The van der Waals surface area contributed by atoms with E-state index >= 15 is 0 Å². The van der Waals surface area contributed by atoms with Crippen molar-refractivity contribution in [2.24, 2.45) is 5.73 Å². The van der Waals surface area contributed by atoms with Crippen LogP contribution >= 0.6 is 22.9 Å². The SMILES string of the molecule is CC(N)C(O)Cc1csc(Cl)c1. The Hall–Kier alpha value is -0.0900. The van der Waals surface area contributed by atoms with E-state index in [1.807, 2.05) is 11.4 Å². The average molecular weight is 206 g/mol. The number of hydrogen-bond acceptors (Lipinski definition) is 3. The number of halogens is 1. The van der Waals surface area contributed by atoms with Crippen LogP contribution in [0.3, 0.4) is 0 Å². The van der Waals surface area contributed by atoms with Crippen molar-refractivity contribution in [1.29, 1.82) is 0 Å². The van der Waals surface area contributed by atoms with Crippen LogP contribution in [0.2, 0.25) is 4.34 Å². The van der Waals surface area contributed by atoms with Gasteiger partial charge in [-0.2, -0.15) is 0 Å². The molecule has 3 N–H and O–H groups in total. The second kappa shape index (κ2) is 4.23. The lowest BCUT2D eigenvalue weighted by atomic mass is 10.1. The maximum atomic E-state index is 9.43. The smallest absolute Gasteiger partial charge is 0.0931 e. The van der Waals surface area contributed by atoms with Gasteiger partial charge in [0.2, 0.25) is 0 Å². The van der Waals surface area contributed by atoms with Crippen molar-refractivity contribution in [3.05, 3.63) is 21.3 Å². The van der Waals surface area contributed by atoms with E-state index in [2.05, 4.69) is 0 Å². The van der Waals surface area contributed by atoms with Crippen molar-refractivity contribution in [2.75, 3.05) is 0 Å². The number of nitrogens with two attached hydrogens (primary N) is 1. The highest BCUT2D eigenvalue weighted by Gasteiger charge is 2.10. The first kappa shape index (κ1) is 9.99. The Balaban J connectivity index is 2.52. The fraction of sp³-hybridized carbons (Fsp3) is 0.500. The summed E-state index contributed by atoms with van der Waals surface area (Å²) >= 11 is 7.20. The van der Waals surface area contributed by atoms with Gasteiger partial charge in [0.1, 0.15) is 0 Å². The van der Waals surface area contributed by atoms with Crippen molar-refractivity contribution in [1.82, 2.24) is 0 Å². The van der Waals surface area contributed by atoms with Crippen LogP contribution in [-0.2, 0) is 6.42 Å². The van der Waals surface area contributed by atoms with Crippen molar-refractivity contribution in [3.63, 3.8) is 0 Å². The Morgan fingerprint density at radius 1 is 1.75 bits per heavy atom. The van der Waals surface area contributed by atoms with Gasteiger partial charge in [-0.25, -0.2) is 0 Å². The van der Waals surface area contributed by atoms with Gasteiger partial charge < -0.3 is 10.8 Å². The van der Waals surface area contributed by atoms with Crippen LogP contribution in [-0.4, -0.2) is 17.3 Å². The molecule has 1 aromatic heterocycles. The summed E-state index contributed by atoms with van der Waals surface area (Å²) in [4.78, 5) is 0. The monoisotopic (exact) mass is 205 g/mol. The summed E-state index contributed by atoms with van der Waals surface area (Å²) in [6, 6.07) is 1.67. The lowest BCUT2D eigenvalue weighted by Crippen LogP contribution is -2.32. The van der Waals surface area contributed by atoms with Gasteiger partial charge in [0.15, 0.2) is 0 Å². The molecule has 0 bridgehead atoms. The van der Waals surface area contributed by atoms with E-state index in [4.69, 9.17) is 17.3 Å². The van der Waals surface area contributed by atoms with Crippen LogP contribution in [0, 0.1) is 0 Å². The summed E-state index contributed by atoms with van der Waals surface area (Å²) in [7, 11) is 0. The number of rotatable bonds is 3. The third-order valence-electron chi connectivity index (χ3n) is 1.67. The molecule has 0 aliphatic rings. The molecule has 2 nitrogen and oxygen atoms in total. The van der Waals surface area contributed by atoms with Crippen LogP contribution in [0.25, 0.3) is 0 Å². The topological polar surface area (TPSA) is 46.2 Å². The molecular formula is C8H12ClNOS. The number of aliphatic hydroxyl groups is 1. The highest BCUT2D eigenvalue weighted by molar-refractivity contribution is 7.14. The normalized spacial score (nSPS) is 16.0. The second-order valence-corrected chi connectivity index (χ2v) is 4.43. The van der Waals surface area contributed by atoms with Gasteiger partial charge in [0.25, 0.3) is 0 Å². The molecule has 4 heteroatoms. The number of thiophene rings is 1. The highest BCUT2D eigenvalue weighted by Crippen LogP contribution is 2.21. The molecule has 2 unspecified atom stereocenters. The highest BCUT2D eigenvalue weighted by atomic mass is 35.5. The molecule has 0 aromatic carbocycles. The maximum absolute atomic E-state index is 9.43. The zero-order valence-electron chi connectivity index (χ0n) is 6.83. The molecule has 0 saturated heterocycles. The molecule has 0 spiro atoms. The third kappa shape index (κ3) is 2.75. The first-order valence-electron chi connectivity index (χ1n) is 3.76. The van der Waals surface area contributed by atoms with Crippen molar-refractivity contribution < 1.29 is 5.11 Å².